The standard InChI is InChI=1S/C32H48O4/c1-20(10-9-11-21(2)28(34)35)23-14-18-32(8)25-12-13-26-29(4,5)27(36-22(3)33)16-17-30(26,6)24(25)15-19-31(23,32)7/h11-12,14,20,24,26-27H,9-10,13,15-19H2,1-8H3,(H,34,35)/b21-11-/t20?,24?,26?,27-,30+,31-,32+/m0/s1. The van der Waals surface area contributed by atoms with Crippen molar-refractivity contribution in [2.24, 2.45) is 39.4 Å². The van der Waals surface area contributed by atoms with Crippen molar-refractivity contribution in [1.29, 1.82) is 0 Å². The lowest BCUT2D eigenvalue weighted by molar-refractivity contribution is -0.174. The van der Waals surface area contributed by atoms with Gasteiger partial charge < -0.3 is 9.84 Å². The highest BCUT2D eigenvalue weighted by atomic mass is 16.5. The lowest BCUT2D eigenvalue weighted by Crippen LogP contribution is -2.58. The van der Waals surface area contributed by atoms with Gasteiger partial charge in [-0.1, -0.05) is 70.9 Å². The van der Waals surface area contributed by atoms with Gasteiger partial charge in [-0.3, -0.25) is 4.79 Å². The summed E-state index contributed by atoms with van der Waals surface area (Å²) in [7, 11) is 0. The van der Waals surface area contributed by atoms with Gasteiger partial charge in [0.25, 0.3) is 0 Å². The molecule has 0 saturated heterocycles. The zero-order valence-corrected chi connectivity index (χ0v) is 23.9. The number of carbonyl (C=O) groups is 2. The number of carboxylic acid groups (broad SMARTS) is 1. The van der Waals surface area contributed by atoms with Crippen LogP contribution in [0, 0.1) is 39.4 Å². The molecule has 0 bridgehead atoms. The highest BCUT2D eigenvalue weighted by Gasteiger charge is 2.64. The summed E-state index contributed by atoms with van der Waals surface area (Å²) >= 11 is 0. The quantitative estimate of drug-likeness (QED) is 0.231. The highest BCUT2D eigenvalue weighted by molar-refractivity contribution is 5.85. The first-order chi connectivity index (χ1) is 16.7. The number of hydrogen-bond acceptors (Lipinski definition) is 3. The van der Waals surface area contributed by atoms with Gasteiger partial charge in [-0.25, -0.2) is 4.79 Å². The average molecular weight is 497 g/mol. The molecule has 0 aliphatic heterocycles. The fourth-order valence-electron chi connectivity index (χ4n) is 9.21. The molecule has 4 aliphatic carbocycles. The van der Waals surface area contributed by atoms with Crippen LogP contribution in [0.1, 0.15) is 107 Å². The van der Waals surface area contributed by atoms with Crippen LogP contribution in [0.5, 0.6) is 0 Å². The molecule has 3 unspecified atom stereocenters. The van der Waals surface area contributed by atoms with Crippen molar-refractivity contribution in [1.82, 2.24) is 0 Å². The average Bonchev–Trinajstić information content (AvgIpc) is 3.07. The maximum absolute atomic E-state index is 11.8. The van der Waals surface area contributed by atoms with E-state index >= 15 is 0 Å². The monoisotopic (exact) mass is 496 g/mol. The second kappa shape index (κ2) is 9.17. The number of hydrogen-bond donors (Lipinski definition) is 1. The van der Waals surface area contributed by atoms with Crippen molar-refractivity contribution < 1.29 is 19.4 Å². The molecule has 4 aliphatic rings. The van der Waals surface area contributed by atoms with E-state index in [-0.39, 0.29) is 33.7 Å². The largest absolute Gasteiger partial charge is 0.478 e. The predicted molar refractivity (Wildman–Crippen MR) is 144 cm³/mol. The van der Waals surface area contributed by atoms with Gasteiger partial charge >= 0.3 is 11.9 Å². The third-order valence-electron chi connectivity index (χ3n) is 11.6. The zero-order chi connectivity index (χ0) is 26.7. The van der Waals surface area contributed by atoms with Crippen LogP contribution in [-0.4, -0.2) is 23.1 Å². The molecule has 0 spiro atoms. The van der Waals surface area contributed by atoms with E-state index in [0.29, 0.717) is 23.3 Å². The summed E-state index contributed by atoms with van der Waals surface area (Å²) in [4.78, 5) is 23.0. The maximum atomic E-state index is 11.8. The molecule has 1 N–H and O–H groups in total. The van der Waals surface area contributed by atoms with E-state index in [1.54, 1.807) is 25.0 Å². The van der Waals surface area contributed by atoms with Gasteiger partial charge in [0.15, 0.2) is 0 Å². The van der Waals surface area contributed by atoms with Crippen molar-refractivity contribution in [3.63, 3.8) is 0 Å². The minimum Gasteiger partial charge on any atom is -0.478 e. The number of carboxylic acids is 1. The number of aliphatic carboxylic acids is 1. The van der Waals surface area contributed by atoms with Crippen LogP contribution in [0.4, 0.5) is 0 Å². The fourth-order valence-corrected chi connectivity index (χ4v) is 9.21. The van der Waals surface area contributed by atoms with Gasteiger partial charge in [-0.15, -0.1) is 0 Å². The second-order valence-corrected chi connectivity index (χ2v) is 13.7. The van der Waals surface area contributed by atoms with E-state index in [9.17, 15) is 14.7 Å². The van der Waals surface area contributed by atoms with E-state index in [4.69, 9.17) is 4.74 Å². The van der Waals surface area contributed by atoms with Crippen molar-refractivity contribution in [3.05, 3.63) is 34.9 Å². The Kier molecular flexibility index (Phi) is 6.93. The van der Waals surface area contributed by atoms with E-state index in [1.165, 1.54) is 12.8 Å². The lowest BCUT2D eigenvalue weighted by Gasteiger charge is -2.64. The topological polar surface area (TPSA) is 63.6 Å². The first kappa shape index (κ1) is 27.2. The smallest absolute Gasteiger partial charge is 0.330 e. The van der Waals surface area contributed by atoms with Crippen LogP contribution in [0.3, 0.4) is 0 Å². The Morgan fingerprint density at radius 3 is 2.42 bits per heavy atom. The first-order valence-electron chi connectivity index (χ1n) is 14.2. The number of fused-ring (bicyclic) bond motifs is 5. The predicted octanol–water partition coefficient (Wildman–Crippen LogP) is 7.89. The zero-order valence-electron chi connectivity index (χ0n) is 23.9. The van der Waals surface area contributed by atoms with Crippen molar-refractivity contribution in [2.45, 2.75) is 113 Å². The summed E-state index contributed by atoms with van der Waals surface area (Å²) in [5.74, 6) is 0.591. The number of esters is 1. The first-order valence-corrected chi connectivity index (χ1v) is 14.2. The second-order valence-electron chi connectivity index (χ2n) is 13.7. The number of allylic oxidation sites excluding steroid dienone is 5. The van der Waals surface area contributed by atoms with Gasteiger partial charge in [0.05, 0.1) is 0 Å². The van der Waals surface area contributed by atoms with Crippen molar-refractivity contribution in [3.8, 4) is 0 Å². The molecule has 4 nitrogen and oxygen atoms in total. The van der Waals surface area contributed by atoms with E-state index in [2.05, 4.69) is 53.7 Å². The van der Waals surface area contributed by atoms with Crippen LogP contribution in [-0.2, 0) is 14.3 Å². The number of carbonyl (C=O) groups excluding carboxylic acids is 1. The summed E-state index contributed by atoms with van der Waals surface area (Å²) in [6.45, 7) is 17.8. The minimum absolute atomic E-state index is 0.00637. The summed E-state index contributed by atoms with van der Waals surface area (Å²) in [6.07, 6.45) is 15.5. The van der Waals surface area contributed by atoms with Crippen LogP contribution in [0.2, 0.25) is 0 Å². The third-order valence-corrected chi connectivity index (χ3v) is 11.6. The molecule has 200 valence electrons. The molecule has 7 atom stereocenters. The molecule has 4 rings (SSSR count). The normalized spacial score (nSPS) is 40.2. The van der Waals surface area contributed by atoms with Gasteiger partial charge in [0.1, 0.15) is 6.10 Å². The van der Waals surface area contributed by atoms with E-state index in [1.807, 2.05) is 6.08 Å². The minimum atomic E-state index is -0.818. The molecule has 0 heterocycles. The van der Waals surface area contributed by atoms with Gasteiger partial charge in [0, 0.05) is 23.3 Å². The number of ether oxygens (including phenoxy) is 1. The van der Waals surface area contributed by atoms with Crippen molar-refractivity contribution in [2.75, 3.05) is 0 Å². The summed E-state index contributed by atoms with van der Waals surface area (Å²) < 4.78 is 5.84. The molecule has 4 heteroatoms. The molecule has 0 aromatic rings. The highest BCUT2D eigenvalue weighted by Crippen LogP contribution is 2.72. The van der Waals surface area contributed by atoms with Gasteiger partial charge in [-0.05, 0) is 86.9 Å². The Balaban J connectivity index is 1.58. The van der Waals surface area contributed by atoms with Gasteiger partial charge in [-0.2, -0.15) is 0 Å². The van der Waals surface area contributed by atoms with Gasteiger partial charge in [0.2, 0.25) is 0 Å². The van der Waals surface area contributed by atoms with Crippen molar-refractivity contribution >= 4 is 11.9 Å². The van der Waals surface area contributed by atoms with Crippen LogP contribution in [0.25, 0.3) is 0 Å². The molecule has 0 aromatic carbocycles. The molecule has 2 fully saturated rings. The third kappa shape index (κ3) is 4.02. The SMILES string of the molecule is CC(=O)O[C@H]1CC[C@]2(C)C3CC[C@@]4(C)C(C(C)CC/C=C(/C)C(=O)O)=CC[C@]4(C)C3=CCC2C1(C)C. The summed E-state index contributed by atoms with van der Waals surface area (Å²) in [6, 6.07) is 0. The molecule has 2 saturated carbocycles. The molecule has 0 radical (unpaired) electrons. The lowest BCUT2D eigenvalue weighted by atomic mass is 9.41. The Labute approximate surface area is 218 Å². The van der Waals surface area contributed by atoms with E-state index in [0.717, 1.165) is 38.5 Å². The van der Waals surface area contributed by atoms with Crippen LogP contribution >= 0.6 is 0 Å². The van der Waals surface area contributed by atoms with Crippen LogP contribution < -0.4 is 0 Å². The molecular formula is C32H48O4. The Hall–Kier alpha value is -1.84. The van der Waals surface area contributed by atoms with Crippen LogP contribution in [0.15, 0.2) is 34.9 Å². The summed E-state index contributed by atoms with van der Waals surface area (Å²) in [5.41, 5.74) is 4.25. The molecular weight excluding hydrogens is 448 g/mol. The molecule has 36 heavy (non-hydrogen) atoms. The van der Waals surface area contributed by atoms with E-state index < -0.39 is 5.97 Å². The maximum Gasteiger partial charge on any atom is 0.330 e. The molecule has 0 aromatic heterocycles. The Bertz CT molecular complexity index is 1020. The molecule has 0 amide bonds. The fraction of sp³-hybridized carbons (Fsp3) is 0.750. The summed E-state index contributed by atoms with van der Waals surface area (Å²) in [5, 5.41) is 9.18. The Morgan fingerprint density at radius 1 is 1.08 bits per heavy atom. The number of rotatable bonds is 6. The Morgan fingerprint density at radius 2 is 1.78 bits per heavy atom.